The molecule has 0 saturated heterocycles. The number of aryl methyl sites for hydroxylation is 1. The molecule has 1 aromatic heterocycles. The number of halogens is 1. The molecule has 0 aliphatic carbocycles. The van der Waals surface area contributed by atoms with Gasteiger partial charge in [0.25, 0.3) is 0 Å². The third-order valence-corrected chi connectivity index (χ3v) is 10.8. The van der Waals surface area contributed by atoms with E-state index in [0.717, 1.165) is 51.8 Å². The number of rotatable bonds is 11. The minimum atomic E-state index is -1.73. The second-order valence-electron chi connectivity index (χ2n) is 10.4. The van der Waals surface area contributed by atoms with Gasteiger partial charge < -0.3 is 10.1 Å². The highest BCUT2D eigenvalue weighted by atomic mass is 35.5. The molecular formula is C31H35ClN2O2Si. The van der Waals surface area contributed by atoms with Crippen LogP contribution >= 0.6 is 11.6 Å². The number of carbonyl (C=O) groups excluding carboxylic acids is 1. The van der Waals surface area contributed by atoms with Crippen molar-refractivity contribution in [3.8, 4) is 5.75 Å². The highest BCUT2D eigenvalue weighted by Gasteiger charge is 2.28. The summed E-state index contributed by atoms with van der Waals surface area (Å²) in [5, 5.41) is 6.32. The molecule has 192 valence electrons. The van der Waals surface area contributed by atoms with Crippen LogP contribution in [0, 0.1) is 12.8 Å². The fourth-order valence-corrected chi connectivity index (χ4v) is 8.18. The molecule has 1 N–H and O–H groups in total. The molecule has 4 aromatic rings. The van der Waals surface area contributed by atoms with Crippen LogP contribution in [0.25, 0.3) is 10.9 Å². The fraction of sp³-hybridized carbons (Fsp3) is 0.290. The maximum Gasteiger partial charge on any atom is 0.224 e. The van der Waals surface area contributed by atoms with Gasteiger partial charge in [-0.25, -0.2) is 0 Å². The molecule has 0 radical (unpaired) electrons. The zero-order chi connectivity index (χ0) is 26.3. The van der Waals surface area contributed by atoms with Gasteiger partial charge in [0.2, 0.25) is 5.91 Å². The van der Waals surface area contributed by atoms with E-state index in [0.29, 0.717) is 13.0 Å². The first-order valence-corrected chi connectivity index (χ1v) is 16.5. The molecule has 3 aromatic carbocycles. The normalized spacial score (nSPS) is 12.3. The standard InChI is InChI=1S/C31H35ClN2O2Si/c1-23-20-26(16-17-28(23)32)36-19-9-10-24(22-37(2,3)27-13-5-4-6-14-27)21-30(35)34-29-15-7-11-25-12-8-18-33-31(25)29/h4-8,11-18,20,24H,9-10,19,21-22H2,1-3H3,(H,34,35). The third kappa shape index (κ3) is 7.43. The lowest BCUT2D eigenvalue weighted by Crippen LogP contribution is -2.43. The number of nitrogens with zero attached hydrogens (tertiary/aromatic N) is 1. The number of para-hydroxylation sites is 1. The van der Waals surface area contributed by atoms with Gasteiger partial charge in [-0.05, 0) is 61.6 Å². The van der Waals surface area contributed by atoms with Crippen molar-refractivity contribution in [2.75, 3.05) is 11.9 Å². The number of amides is 1. The van der Waals surface area contributed by atoms with Crippen LogP contribution in [0.3, 0.4) is 0 Å². The summed E-state index contributed by atoms with van der Waals surface area (Å²) >= 11 is 6.14. The lowest BCUT2D eigenvalue weighted by molar-refractivity contribution is -0.117. The summed E-state index contributed by atoms with van der Waals surface area (Å²) in [6.45, 7) is 7.38. The molecule has 0 aliphatic rings. The van der Waals surface area contributed by atoms with E-state index in [1.165, 1.54) is 5.19 Å². The van der Waals surface area contributed by atoms with Gasteiger partial charge in [0.15, 0.2) is 0 Å². The van der Waals surface area contributed by atoms with E-state index in [1.54, 1.807) is 6.20 Å². The van der Waals surface area contributed by atoms with Crippen molar-refractivity contribution in [3.05, 3.63) is 95.6 Å². The summed E-state index contributed by atoms with van der Waals surface area (Å²) in [5.74, 6) is 1.13. The SMILES string of the molecule is Cc1cc(OCCCC(CC(=O)Nc2cccc3cccnc23)C[Si](C)(C)c2ccccc2)ccc1Cl. The van der Waals surface area contributed by atoms with Gasteiger partial charge in [-0.1, -0.05) is 84.5 Å². The van der Waals surface area contributed by atoms with Crippen molar-refractivity contribution in [1.82, 2.24) is 4.98 Å². The van der Waals surface area contributed by atoms with E-state index in [9.17, 15) is 4.79 Å². The fourth-order valence-electron chi connectivity index (χ4n) is 4.94. The Labute approximate surface area is 226 Å². The van der Waals surface area contributed by atoms with Crippen molar-refractivity contribution >= 4 is 47.4 Å². The zero-order valence-corrected chi connectivity index (χ0v) is 23.6. The summed E-state index contributed by atoms with van der Waals surface area (Å²) < 4.78 is 6.00. The number of hydrogen-bond donors (Lipinski definition) is 1. The molecular weight excluding hydrogens is 496 g/mol. The second kappa shape index (κ2) is 12.4. The molecule has 37 heavy (non-hydrogen) atoms. The molecule has 1 unspecified atom stereocenters. The number of anilines is 1. The summed E-state index contributed by atoms with van der Waals surface area (Å²) in [7, 11) is -1.73. The van der Waals surface area contributed by atoms with Crippen LogP contribution < -0.4 is 15.2 Å². The lowest BCUT2D eigenvalue weighted by atomic mass is 10.0. The first kappa shape index (κ1) is 26.9. The minimum absolute atomic E-state index is 0.0373. The van der Waals surface area contributed by atoms with E-state index in [1.807, 2.05) is 55.5 Å². The quantitative estimate of drug-likeness (QED) is 0.160. The molecule has 0 bridgehead atoms. The van der Waals surface area contributed by atoms with E-state index in [-0.39, 0.29) is 11.8 Å². The topological polar surface area (TPSA) is 51.2 Å². The average molecular weight is 531 g/mol. The van der Waals surface area contributed by atoms with Gasteiger partial charge in [-0.3, -0.25) is 9.78 Å². The van der Waals surface area contributed by atoms with Crippen LogP contribution in [0.2, 0.25) is 24.2 Å². The molecule has 4 rings (SSSR count). The number of benzene rings is 3. The van der Waals surface area contributed by atoms with Crippen molar-refractivity contribution in [2.24, 2.45) is 5.92 Å². The van der Waals surface area contributed by atoms with Gasteiger partial charge in [-0.15, -0.1) is 0 Å². The molecule has 1 atom stereocenters. The maximum absolute atomic E-state index is 13.2. The van der Waals surface area contributed by atoms with Gasteiger partial charge in [0, 0.05) is 23.0 Å². The van der Waals surface area contributed by atoms with Crippen LogP contribution in [-0.2, 0) is 4.79 Å². The number of nitrogens with one attached hydrogen (secondary N) is 1. The largest absolute Gasteiger partial charge is 0.494 e. The summed E-state index contributed by atoms with van der Waals surface area (Å²) in [6.07, 6.45) is 4.05. The smallest absolute Gasteiger partial charge is 0.224 e. The van der Waals surface area contributed by atoms with Gasteiger partial charge in [0.1, 0.15) is 5.75 Å². The molecule has 1 amide bonds. The van der Waals surface area contributed by atoms with Crippen LogP contribution in [0.5, 0.6) is 5.75 Å². The Morgan fingerprint density at radius 3 is 2.59 bits per heavy atom. The Hall–Kier alpha value is -3.15. The summed E-state index contributed by atoms with van der Waals surface area (Å²) in [4.78, 5) is 17.7. The minimum Gasteiger partial charge on any atom is -0.494 e. The molecule has 6 heteroatoms. The predicted molar refractivity (Wildman–Crippen MR) is 158 cm³/mol. The number of ether oxygens (including phenoxy) is 1. The van der Waals surface area contributed by atoms with Gasteiger partial charge >= 0.3 is 0 Å². The molecule has 1 heterocycles. The lowest BCUT2D eigenvalue weighted by Gasteiger charge is -2.28. The highest BCUT2D eigenvalue weighted by molar-refractivity contribution is 6.89. The molecule has 0 saturated carbocycles. The Morgan fingerprint density at radius 2 is 1.81 bits per heavy atom. The van der Waals surface area contributed by atoms with Crippen molar-refractivity contribution in [2.45, 2.75) is 45.3 Å². The molecule has 0 spiro atoms. The van der Waals surface area contributed by atoms with Crippen molar-refractivity contribution in [3.63, 3.8) is 0 Å². The van der Waals surface area contributed by atoms with E-state index >= 15 is 0 Å². The molecule has 0 aliphatic heterocycles. The van der Waals surface area contributed by atoms with Gasteiger partial charge in [0.05, 0.1) is 25.9 Å². The monoisotopic (exact) mass is 530 g/mol. The predicted octanol–water partition coefficient (Wildman–Crippen LogP) is 7.62. The molecule has 4 nitrogen and oxygen atoms in total. The number of pyridine rings is 1. The van der Waals surface area contributed by atoms with Crippen LogP contribution in [0.1, 0.15) is 24.8 Å². The Kier molecular flexibility index (Phi) is 9.01. The van der Waals surface area contributed by atoms with E-state index < -0.39 is 8.07 Å². The molecule has 0 fully saturated rings. The van der Waals surface area contributed by atoms with Crippen molar-refractivity contribution < 1.29 is 9.53 Å². The van der Waals surface area contributed by atoms with E-state index in [2.05, 4.69) is 53.7 Å². The van der Waals surface area contributed by atoms with Crippen LogP contribution in [0.15, 0.2) is 85.1 Å². The summed E-state index contributed by atoms with van der Waals surface area (Å²) in [5.41, 5.74) is 2.59. The number of carbonyl (C=O) groups is 1. The number of aromatic nitrogens is 1. The Balaban J connectivity index is 1.42. The van der Waals surface area contributed by atoms with Crippen LogP contribution in [-0.4, -0.2) is 25.6 Å². The first-order valence-electron chi connectivity index (χ1n) is 12.9. The third-order valence-electron chi connectivity index (χ3n) is 6.89. The van der Waals surface area contributed by atoms with E-state index in [4.69, 9.17) is 16.3 Å². The summed E-state index contributed by atoms with van der Waals surface area (Å²) in [6, 6.07) is 27.4. The van der Waals surface area contributed by atoms with Crippen molar-refractivity contribution in [1.29, 1.82) is 0 Å². The Bertz CT molecular complexity index is 1340. The van der Waals surface area contributed by atoms with Gasteiger partial charge in [-0.2, -0.15) is 0 Å². The second-order valence-corrected chi connectivity index (χ2v) is 15.5. The Morgan fingerprint density at radius 1 is 1.03 bits per heavy atom. The zero-order valence-electron chi connectivity index (χ0n) is 21.8. The average Bonchev–Trinajstić information content (AvgIpc) is 2.89. The first-order chi connectivity index (χ1) is 17.8. The number of fused-ring (bicyclic) bond motifs is 1. The maximum atomic E-state index is 13.2. The highest BCUT2D eigenvalue weighted by Crippen LogP contribution is 2.27. The number of hydrogen-bond acceptors (Lipinski definition) is 3. The van der Waals surface area contributed by atoms with Crippen LogP contribution in [0.4, 0.5) is 5.69 Å².